The van der Waals surface area contributed by atoms with Crippen molar-refractivity contribution >= 4 is 27.3 Å². The van der Waals surface area contributed by atoms with E-state index in [0.29, 0.717) is 6.04 Å². The molecule has 5 heteroatoms. The number of hydrogen-bond acceptors (Lipinski definition) is 4. The highest BCUT2D eigenvalue weighted by atomic mass is 79.9. The molecule has 0 radical (unpaired) electrons. The summed E-state index contributed by atoms with van der Waals surface area (Å²) >= 11 is 5.31. The van der Waals surface area contributed by atoms with Crippen LogP contribution in [0.25, 0.3) is 0 Å². The van der Waals surface area contributed by atoms with Gasteiger partial charge in [0.05, 0.1) is 0 Å². The number of aromatic nitrogens is 1. The number of hydrazine groups is 1. The normalized spacial score (nSPS) is 12.6. The molecular formula is C13H16BrN3S. The first kappa shape index (κ1) is 13.7. The second-order valence-electron chi connectivity index (χ2n) is 4.16. The van der Waals surface area contributed by atoms with Crippen LogP contribution in [0.5, 0.6) is 0 Å². The van der Waals surface area contributed by atoms with Gasteiger partial charge in [-0.2, -0.15) is 0 Å². The maximum absolute atomic E-state index is 5.63. The Hall–Kier alpha value is -0.750. The van der Waals surface area contributed by atoms with Gasteiger partial charge in [0.2, 0.25) is 0 Å². The Morgan fingerprint density at radius 2 is 2.33 bits per heavy atom. The van der Waals surface area contributed by atoms with Gasteiger partial charge in [-0.3, -0.25) is 16.3 Å². The molecule has 2 rings (SSSR count). The lowest BCUT2D eigenvalue weighted by Crippen LogP contribution is -2.37. The van der Waals surface area contributed by atoms with Crippen molar-refractivity contribution in [1.29, 1.82) is 0 Å². The second kappa shape index (κ2) is 6.99. The molecule has 0 aliphatic carbocycles. The van der Waals surface area contributed by atoms with E-state index in [1.54, 1.807) is 17.5 Å². The molecule has 0 saturated heterocycles. The van der Waals surface area contributed by atoms with E-state index in [-0.39, 0.29) is 0 Å². The average molecular weight is 326 g/mol. The Bertz CT molecular complexity index is 472. The van der Waals surface area contributed by atoms with Crippen molar-refractivity contribution in [1.82, 2.24) is 10.4 Å². The van der Waals surface area contributed by atoms with Gasteiger partial charge in [-0.15, -0.1) is 11.3 Å². The molecule has 2 aromatic heterocycles. The number of pyridine rings is 1. The summed E-state index contributed by atoms with van der Waals surface area (Å²) in [5.74, 6) is 5.63. The number of nitrogens with two attached hydrogens (primary N) is 1. The van der Waals surface area contributed by atoms with Crippen molar-refractivity contribution in [2.24, 2.45) is 5.84 Å². The van der Waals surface area contributed by atoms with E-state index in [9.17, 15) is 0 Å². The maximum Gasteiger partial charge on any atom is 0.0314 e. The van der Waals surface area contributed by atoms with Gasteiger partial charge >= 0.3 is 0 Å². The number of thiophene rings is 1. The lowest BCUT2D eigenvalue weighted by atomic mass is 10.0. The molecule has 0 fully saturated rings. The highest BCUT2D eigenvalue weighted by Gasteiger charge is 2.11. The van der Waals surface area contributed by atoms with Crippen LogP contribution in [0.3, 0.4) is 0 Å². The molecule has 0 amide bonds. The van der Waals surface area contributed by atoms with E-state index < -0.39 is 0 Å². The smallest absolute Gasteiger partial charge is 0.0314 e. The molecule has 2 aromatic rings. The summed E-state index contributed by atoms with van der Waals surface area (Å²) in [4.78, 5) is 5.46. The van der Waals surface area contributed by atoms with Crippen LogP contribution in [-0.2, 0) is 12.8 Å². The molecule has 0 aliphatic heterocycles. The zero-order valence-corrected chi connectivity index (χ0v) is 12.4. The molecule has 0 bridgehead atoms. The molecule has 1 atom stereocenters. The summed E-state index contributed by atoms with van der Waals surface area (Å²) in [7, 11) is 0. The molecule has 3 nitrogen and oxygen atoms in total. The van der Waals surface area contributed by atoms with Crippen molar-refractivity contribution in [2.75, 3.05) is 0 Å². The molecule has 1 unspecified atom stereocenters. The summed E-state index contributed by atoms with van der Waals surface area (Å²) in [5.41, 5.74) is 4.16. The summed E-state index contributed by atoms with van der Waals surface area (Å²) in [6.07, 6.45) is 6.66. The van der Waals surface area contributed by atoms with Crippen LogP contribution in [0.2, 0.25) is 0 Å². The number of nitrogens with zero attached hydrogens (tertiary/aromatic N) is 1. The Morgan fingerprint density at radius 3 is 2.94 bits per heavy atom. The topological polar surface area (TPSA) is 50.9 Å². The lowest BCUT2D eigenvalue weighted by molar-refractivity contribution is 0.493. The zero-order chi connectivity index (χ0) is 12.8. The summed E-state index contributed by atoms with van der Waals surface area (Å²) in [5, 5.41) is 2.09. The number of nitrogens with one attached hydrogen (secondary N) is 1. The fourth-order valence-electron chi connectivity index (χ4n) is 1.83. The van der Waals surface area contributed by atoms with E-state index in [1.165, 1.54) is 14.9 Å². The first-order chi connectivity index (χ1) is 8.79. The second-order valence-corrected chi connectivity index (χ2v) is 6.01. The van der Waals surface area contributed by atoms with Crippen molar-refractivity contribution in [3.8, 4) is 0 Å². The number of hydrogen-bond donors (Lipinski definition) is 2. The third-order valence-corrected chi connectivity index (χ3v) is 4.81. The fraction of sp³-hybridized carbons (Fsp3) is 0.308. The Balaban J connectivity index is 1.88. The maximum atomic E-state index is 5.63. The van der Waals surface area contributed by atoms with Crippen LogP contribution in [0.1, 0.15) is 16.9 Å². The highest BCUT2D eigenvalue weighted by Crippen LogP contribution is 2.24. The SMILES string of the molecule is NNC(CCc1cccnc1)Cc1sccc1Br. The van der Waals surface area contributed by atoms with Crippen LogP contribution in [0.15, 0.2) is 40.4 Å². The minimum absolute atomic E-state index is 0.292. The molecule has 96 valence electrons. The van der Waals surface area contributed by atoms with Gasteiger partial charge < -0.3 is 0 Å². The van der Waals surface area contributed by atoms with Gasteiger partial charge in [0.1, 0.15) is 0 Å². The van der Waals surface area contributed by atoms with E-state index in [2.05, 4.69) is 43.9 Å². The predicted octanol–water partition coefficient (Wildman–Crippen LogP) is 2.91. The van der Waals surface area contributed by atoms with Crippen molar-refractivity contribution < 1.29 is 0 Å². The third-order valence-electron chi connectivity index (χ3n) is 2.86. The van der Waals surface area contributed by atoms with E-state index in [1.807, 2.05) is 12.3 Å². The highest BCUT2D eigenvalue weighted by molar-refractivity contribution is 9.10. The van der Waals surface area contributed by atoms with Crippen LogP contribution >= 0.6 is 27.3 Å². The predicted molar refractivity (Wildman–Crippen MR) is 79.4 cm³/mol. The summed E-state index contributed by atoms with van der Waals surface area (Å²) in [6.45, 7) is 0. The van der Waals surface area contributed by atoms with Crippen molar-refractivity contribution in [3.63, 3.8) is 0 Å². The third kappa shape index (κ3) is 3.88. The lowest BCUT2D eigenvalue weighted by Gasteiger charge is -2.15. The molecule has 2 heterocycles. The average Bonchev–Trinajstić information content (AvgIpc) is 2.81. The molecule has 18 heavy (non-hydrogen) atoms. The van der Waals surface area contributed by atoms with Crippen molar-refractivity contribution in [3.05, 3.63) is 50.9 Å². The Kier molecular flexibility index (Phi) is 5.31. The molecular weight excluding hydrogens is 310 g/mol. The molecule has 0 aliphatic rings. The largest absolute Gasteiger partial charge is 0.271 e. The van der Waals surface area contributed by atoms with E-state index >= 15 is 0 Å². The quantitative estimate of drug-likeness (QED) is 0.634. The monoisotopic (exact) mass is 325 g/mol. The standard InChI is InChI=1S/C13H16BrN3S/c14-12-5-7-18-13(12)8-11(17-15)4-3-10-2-1-6-16-9-10/h1-2,5-7,9,11,17H,3-4,8,15H2. The Morgan fingerprint density at radius 1 is 1.44 bits per heavy atom. The molecule has 0 saturated carbocycles. The number of aryl methyl sites for hydroxylation is 1. The molecule has 0 spiro atoms. The van der Waals surface area contributed by atoms with Crippen LogP contribution in [0.4, 0.5) is 0 Å². The van der Waals surface area contributed by atoms with Gasteiger partial charge in [-0.25, -0.2) is 0 Å². The van der Waals surface area contributed by atoms with Crippen LogP contribution in [-0.4, -0.2) is 11.0 Å². The van der Waals surface area contributed by atoms with E-state index in [0.717, 1.165) is 19.3 Å². The minimum atomic E-state index is 0.292. The van der Waals surface area contributed by atoms with E-state index in [4.69, 9.17) is 5.84 Å². The fourth-order valence-corrected chi connectivity index (χ4v) is 3.42. The summed E-state index contributed by atoms with van der Waals surface area (Å²) in [6, 6.07) is 6.44. The van der Waals surface area contributed by atoms with Gasteiger partial charge in [0.15, 0.2) is 0 Å². The first-order valence-electron chi connectivity index (χ1n) is 5.86. The van der Waals surface area contributed by atoms with Gasteiger partial charge in [0, 0.05) is 27.8 Å². The number of rotatable bonds is 6. The summed E-state index contributed by atoms with van der Waals surface area (Å²) < 4.78 is 1.18. The first-order valence-corrected chi connectivity index (χ1v) is 7.53. The molecule has 3 N–H and O–H groups in total. The van der Waals surface area contributed by atoms with Crippen LogP contribution in [0, 0.1) is 0 Å². The van der Waals surface area contributed by atoms with Crippen molar-refractivity contribution in [2.45, 2.75) is 25.3 Å². The minimum Gasteiger partial charge on any atom is -0.271 e. The van der Waals surface area contributed by atoms with Crippen LogP contribution < -0.4 is 11.3 Å². The zero-order valence-electron chi connectivity index (χ0n) is 9.97. The van der Waals surface area contributed by atoms with Gasteiger partial charge in [0.25, 0.3) is 0 Å². The Labute approximate surface area is 120 Å². The molecule has 0 aromatic carbocycles. The van der Waals surface area contributed by atoms with Gasteiger partial charge in [-0.1, -0.05) is 6.07 Å². The number of halogens is 1. The van der Waals surface area contributed by atoms with Gasteiger partial charge in [-0.05, 0) is 58.3 Å².